The van der Waals surface area contributed by atoms with Gasteiger partial charge in [0.25, 0.3) is 0 Å². The number of benzene rings is 8. The molecule has 10 aromatic rings. The minimum atomic E-state index is 0.610. The van der Waals surface area contributed by atoms with E-state index in [9.17, 15) is 0 Å². The van der Waals surface area contributed by atoms with E-state index in [4.69, 9.17) is 13.8 Å². The number of anilines is 3. The van der Waals surface area contributed by atoms with Crippen molar-refractivity contribution in [3.8, 4) is 22.6 Å². The molecule has 49 heavy (non-hydrogen) atoms. The number of rotatable bonds is 5. The van der Waals surface area contributed by atoms with Gasteiger partial charge in [-0.05, 0) is 100 Å². The van der Waals surface area contributed by atoms with Gasteiger partial charge in [0.15, 0.2) is 5.58 Å². The van der Waals surface area contributed by atoms with Crippen molar-refractivity contribution in [2.75, 3.05) is 4.90 Å². The molecule has 0 unspecified atom stereocenters. The molecule has 8 aromatic carbocycles. The number of furan rings is 1. The summed E-state index contributed by atoms with van der Waals surface area (Å²) < 4.78 is 12.7. The Morgan fingerprint density at radius 3 is 1.84 bits per heavy atom. The van der Waals surface area contributed by atoms with Crippen LogP contribution in [-0.2, 0) is 0 Å². The van der Waals surface area contributed by atoms with Crippen molar-refractivity contribution in [1.29, 1.82) is 0 Å². The Morgan fingerprint density at radius 1 is 0.408 bits per heavy atom. The second kappa shape index (κ2) is 11.0. The molecule has 0 spiro atoms. The van der Waals surface area contributed by atoms with Crippen LogP contribution < -0.4 is 4.90 Å². The Labute approximate surface area is 282 Å². The molecule has 2 aromatic heterocycles. The maximum absolute atomic E-state index is 6.51. The lowest BCUT2D eigenvalue weighted by Gasteiger charge is -2.25. The zero-order valence-electron chi connectivity index (χ0n) is 26.4. The van der Waals surface area contributed by atoms with E-state index in [1.165, 1.54) is 10.8 Å². The number of oxazole rings is 1. The molecular weight excluding hydrogens is 601 g/mol. The highest BCUT2D eigenvalue weighted by atomic mass is 16.3. The molecule has 10 rings (SSSR count). The minimum Gasteiger partial charge on any atom is -0.456 e. The normalized spacial score (nSPS) is 11.7. The molecular formula is C45H28N2O2. The van der Waals surface area contributed by atoms with Gasteiger partial charge in [-0.1, -0.05) is 97.1 Å². The summed E-state index contributed by atoms with van der Waals surface area (Å²) in [4.78, 5) is 7.18. The lowest BCUT2D eigenvalue weighted by molar-refractivity contribution is 0.623. The van der Waals surface area contributed by atoms with Crippen LogP contribution in [-0.4, -0.2) is 4.98 Å². The molecule has 0 atom stereocenters. The Morgan fingerprint density at radius 2 is 1.02 bits per heavy atom. The van der Waals surface area contributed by atoms with Crippen molar-refractivity contribution in [2.24, 2.45) is 0 Å². The maximum atomic E-state index is 6.51. The first kappa shape index (κ1) is 27.5. The van der Waals surface area contributed by atoms with Gasteiger partial charge >= 0.3 is 0 Å². The summed E-state index contributed by atoms with van der Waals surface area (Å²) in [7, 11) is 0. The van der Waals surface area contributed by atoms with Gasteiger partial charge < -0.3 is 13.7 Å². The van der Waals surface area contributed by atoms with E-state index in [2.05, 4.69) is 150 Å². The number of nitrogens with zero attached hydrogens (tertiary/aromatic N) is 2. The maximum Gasteiger partial charge on any atom is 0.227 e. The quantitative estimate of drug-likeness (QED) is 0.178. The predicted octanol–water partition coefficient (Wildman–Crippen LogP) is 12.8. The molecule has 0 fully saturated rings. The molecule has 0 N–H and O–H groups in total. The molecule has 0 saturated heterocycles. The van der Waals surface area contributed by atoms with Crippen molar-refractivity contribution in [3.63, 3.8) is 0 Å². The van der Waals surface area contributed by atoms with E-state index in [1.807, 2.05) is 24.3 Å². The van der Waals surface area contributed by atoms with E-state index in [1.54, 1.807) is 0 Å². The third-order valence-corrected chi connectivity index (χ3v) is 9.49. The lowest BCUT2D eigenvalue weighted by atomic mass is 10.0. The predicted molar refractivity (Wildman–Crippen MR) is 202 cm³/mol. The van der Waals surface area contributed by atoms with E-state index >= 15 is 0 Å². The fourth-order valence-electron chi connectivity index (χ4n) is 7.08. The molecule has 4 heteroatoms. The van der Waals surface area contributed by atoms with Crippen LogP contribution in [0, 0.1) is 0 Å². The molecule has 4 nitrogen and oxygen atoms in total. The molecule has 230 valence electrons. The van der Waals surface area contributed by atoms with E-state index in [0.717, 1.165) is 77.6 Å². The molecule has 2 heterocycles. The largest absolute Gasteiger partial charge is 0.456 e. The van der Waals surface area contributed by atoms with E-state index in [-0.39, 0.29) is 0 Å². The van der Waals surface area contributed by atoms with Crippen molar-refractivity contribution in [3.05, 3.63) is 170 Å². The fourth-order valence-corrected chi connectivity index (χ4v) is 7.08. The van der Waals surface area contributed by atoms with Gasteiger partial charge in [-0.3, -0.25) is 0 Å². The Balaban J connectivity index is 1.01. The van der Waals surface area contributed by atoms with Crippen molar-refractivity contribution >= 4 is 71.6 Å². The third kappa shape index (κ3) is 4.57. The SMILES string of the molecule is c1ccc(N(c2ccc(-c3ccc4c(c3)oc3ccccc34)cc2)c2ccc(-c3nc4ccc5ccc6ccccc6c5c4o3)cc2)cc1. The summed E-state index contributed by atoms with van der Waals surface area (Å²) in [6.45, 7) is 0. The van der Waals surface area contributed by atoms with Gasteiger partial charge in [-0.2, -0.15) is 0 Å². The topological polar surface area (TPSA) is 42.4 Å². The van der Waals surface area contributed by atoms with Gasteiger partial charge in [0, 0.05) is 38.8 Å². The summed E-state index contributed by atoms with van der Waals surface area (Å²) in [6.07, 6.45) is 0. The third-order valence-electron chi connectivity index (χ3n) is 9.49. The summed E-state index contributed by atoms with van der Waals surface area (Å²) in [6, 6.07) is 59.2. The van der Waals surface area contributed by atoms with Gasteiger partial charge in [0.1, 0.15) is 16.7 Å². The highest BCUT2D eigenvalue weighted by Gasteiger charge is 2.16. The van der Waals surface area contributed by atoms with Gasteiger partial charge in [0.05, 0.1) is 0 Å². The molecule has 0 amide bonds. The second-order valence-corrected chi connectivity index (χ2v) is 12.4. The van der Waals surface area contributed by atoms with E-state index < -0.39 is 0 Å². The van der Waals surface area contributed by atoms with Crippen molar-refractivity contribution < 1.29 is 8.83 Å². The van der Waals surface area contributed by atoms with Crippen LogP contribution >= 0.6 is 0 Å². The Hall–Kier alpha value is -6.65. The average molecular weight is 629 g/mol. The monoisotopic (exact) mass is 628 g/mol. The van der Waals surface area contributed by atoms with Crippen LogP contribution in [0.25, 0.3) is 77.2 Å². The van der Waals surface area contributed by atoms with Gasteiger partial charge in [0.2, 0.25) is 5.89 Å². The molecule has 0 bridgehead atoms. The second-order valence-electron chi connectivity index (χ2n) is 12.4. The van der Waals surface area contributed by atoms with Crippen molar-refractivity contribution in [1.82, 2.24) is 4.98 Å². The van der Waals surface area contributed by atoms with Crippen LogP contribution in [0.5, 0.6) is 0 Å². The van der Waals surface area contributed by atoms with Crippen LogP contribution in [0.15, 0.2) is 179 Å². The number of aromatic nitrogens is 1. The minimum absolute atomic E-state index is 0.610. The number of hydrogen-bond donors (Lipinski definition) is 0. The van der Waals surface area contributed by atoms with Gasteiger partial charge in [-0.15, -0.1) is 0 Å². The first-order valence-corrected chi connectivity index (χ1v) is 16.5. The Bertz CT molecular complexity index is 2810. The number of hydrogen-bond acceptors (Lipinski definition) is 4. The summed E-state index contributed by atoms with van der Waals surface area (Å²) >= 11 is 0. The Kier molecular flexibility index (Phi) is 6.15. The molecule has 0 aliphatic carbocycles. The van der Waals surface area contributed by atoms with Crippen LogP contribution in [0.4, 0.5) is 17.1 Å². The summed E-state index contributed by atoms with van der Waals surface area (Å²) in [5.41, 5.74) is 9.84. The van der Waals surface area contributed by atoms with Crippen molar-refractivity contribution in [2.45, 2.75) is 0 Å². The van der Waals surface area contributed by atoms with Crippen LogP contribution in [0.3, 0.4) is 0 Å². The zero-order valence-corrected chi connectivity index (χ0v) is 26.4. The first-order chi connectivity index (χ1) is 24.3. The standard InChI is InChI=1S/C45H28N2O2/c1-2-9-34(10-3-1)47(35-22-16-29(17-23-35)33-20-26-39-38-12-6-7-13-41(38)48-42(39)28-33)36-24-18-32(19-25-36)45-46-40-27-21-31-15-14-30-8-4-5-11-37(30)43(31)44(40)49-45/h1-28H. The molecule has 0 aliphatic heterocycles. The molecule has 0 saturated carbocycles. The van der Waals surface area contributed by atoms with E-state index in [0.29, 0.717) is 5.89 Å². The zero-order chi connectivity index (χ0) is 32.3. The highest BCUT2D eigenvalue weighted by molar-refractivity contribution is 6.18. The average Bonchev–Trinajstić information content (AvgIpc) is 3.77. The fraction of sp³-hybridized carbons (Fsp3) is 0. The van der Waals surface area contributed by atoms with Gasteiger partial charge in [-0.25, -0.2) is 4.98 Å². The number of para-hydroxylation sites is 2. The molecule has 0 aliphatic rings. The first-order valence-electron chi connectivity index (χ1n) is 16.5. The summed E-state index contributed by atoms with van der Waals surface area (Å²) in [5.74, 6) is 0.610. The summed E-state index contributed by atoms with van der Waals surface area (Å²) in [5, 5.41) is 6.87. The highest BCUT2D eigenvalue weighted by Crippen LogP contribution is 2.39. The smallest absolute Gasteiger partial charge is 0.227 e. The van der Waals surface area contributed by atoms with Crippen LogP contribution in [0.1, 0.15) is 0 Å². The number of fused-ring (bicyclic) bond motifs is 8. The van der Waals surface area contributed by atoms with Crippen LogP contribution in [0.2, 0.25) is 0 Å². The molecule has 0 radical (unpaired) electrons. The lowest BCUT2D eigenvalue weighted by Crippen LogP contribution is -2.09.